The third-order valence-corrected chi connectivity index (χ3v) is 3.78. The molecule has 2 N–H and O–H groups in total. The van der Waals surface area contributed by atoms with E-state index in [4.69, 9.17) is 11.2 Å². The van der Waals surface area contributed by atoms with Crippen LogP contribution in [0, 0.1) is 12.3 Å². The predicted octanol–water partition coefficient (Wildman–Crippen LogP) is -0.675. The second kappa shape index (κ2) is 6.93. The molecule has 0 aromatic carbocycles. The molecule has 2 fully saturated rings. The molecule has 0 saturated carbocycles. The molecule has 2 aliphatic rings. The normalized spacial score (nSPS) is 20.6. The van der Waals surface area contributed by atoms with Gasteiger partial charge in [-0.15, -0.1) is 6.42 Å². The average Bonchev–Trinajstić information content (AvgIpc) is 2.42. The van der Waals surface area contributed by atoms with Gasteiger partial charge in [0.25, 0.3) is 0 Å². The molecule has 0 aromatic heterocycles. The summed E-state index contributed by atoms with van der Waals surface area (Å²) in [5, 5.41) is 6.17. The van der Waals surface area contributed by atoms with E-state index in [1.807, 2.05) is 11.9 Å². The Kier molecular flexibility index (Phi) is 5.24. The molecule has 6 nitrogen and oxygen atoms in total. The minimum Gasteiger partial charge on any atom is -0.369 e. The summed E-state index contributed by atoms with van der Waals surface area (Å²) in [7, 11) is 1.98. The molecule has 2 aliphatic heterocycles. The molecule has 2 saturated heterocycles. The van der Waals surface area contributed by atoms with Crippen LogP contribution in [0.15, 0.2) is 0 Å². The fourth-order valence-corrected chi connectivity index (χ4v) is 2.53. The lowest BCUT2D eigenvalue weighted by molar-refractivity contribution is -0.125. The lowest BCUT2D eigenvalue weighted by atomic mass is 9.95. The van der Waals surface area contributed by atoms with E-state index >= 15 is 0 Å². The van der Waals surface area contributed by atoms with Gasteiger partial charge in [-0.3, -0.25) is 4.90 Å². The fraction of sp³-hybridized carbons (Fsp3) is 0.786. The summed E-state index contributed by atoms with van der Waals surface area (Å²) in [5.74, 6) is 2.60. The zero-order valence-electron chi connectivity index (χ0n) is 12.2. The summed E-state index contributed by atoms with van der Waals surface area (Å²) < 4.78 is 5.76. The molecule has 0 unspecified atom stereocenters. The Morgan fingerprint density at radius 3 is 3.05 bits per heavy atom. The first-order valence-corrected chi connectivity index (χ1v) is 7.15. The van der Waals surface area contributed by atoms with Gasteiger partial charge < -0.3 is 20.3 Å². The first-order chi connectivity index (χ1) is 9.65. The third kappa shape index (κ3) is 3.85. The lowest BCUT2D eigenvalue weighted by Crippen LogP contribution is -2.70. The number of carbonyl (C=O) groups excluding carboxylic acids is 1. The fourth-order valence-electron chi connectivity index (χ4n) is 2.53. The van der Waals surface area contributed by atoms with Crippen molar-refractivity contribution in [2.24, 2.45) is 0 Å². The highest BCUT2D eigenvalue weighted by atomic mass is 16.5. The van der Waals surface area contributed by atoms with E-state index in [1.54, 1.807) is 0 Å². The van der Waals surface area contributed by atoms with E-state index in [0.29, 0.717) is 32.8 Å². The van der Waals surface area contributed by atoms with Gasteiger partial charge in [-0.1, -0.05) is 5.92 Å². The number of carbonyl (C=O) groups is 1. The number of terminal acetylenes is 1. The van der Waals surface area contributed by atoms with Crippen molar-refractivity contribution in [1.82, 2.24) is 20.4 Å². The molecule has 2 rings (SSSR count). The molecule has 0 aromatic rings. The monoisotopic (exact) mass is 280 g/mol. The minimum atomic E-state index is -0.136. The standard InChI is InChI=1S/C14H24N4O2/c1-3-6-17(2)7-4-5-16-13(19)18-8-9-20-14(12-18)10-15-11-14/h1,15H,4-12H2,2H3,(H,16,19). The van der Waals surface area contributed by atoms with Gasteiger partial charge in [-0.25, -0.2) is 4.79 Å². The smallest absolute Gasteiger partial charge is 0.317 e. The molecular weight excluding hydrogens is 256 g/mol. The van der Waals surface area contributed by atoms with Crippen LogP contribution in [0.2, 0.25) is 0 Å². The molecule has 6 heteroatoms. The molecular formula is C14H24N4O2. The van der Waals surface area contributed by atoms with Gasteiger partial charge in [0.2, 0.25) is 0 Å². The van der Waals surface area contributed by atoms with Gasteiger partial charge in [-0.2, -0.15) is 0 Å². The van der Waals surface area contributed by atoms with Crippen LogP contribution in [0.1, 0.15) is 6.42 Å². The van der Waals surface area contributed by atoms with Crippen LogP contribution in [0.5, 0.6) is 0 Å². The van der Waals surface area contributed by atoms with Crippen molar-refractivity contribution in [3.63, 3.8) is 0 Å². The van der Waals surface area contributed by atoms with Gasteiger partial charge in [0.1, 0.15) is 5.60 Å². The highest BCUT2D eigenvalue weighted by Gasteiger charge is 2.43. The third-order valence-electron chi connectivity index (χ3n) is 3.78. The summed E-state index contributed by atoms with van der Waals surface area (Å²) in [5.41, 5.74) is -0.136. The number of hydrogen-bond donors (Lipinski definition) is 2. The molecule has 112 valence electrons. The summed E-state index contributed by atoms with van der Waals surface area (Å²) in [6.07, 6.45) is 6.14. The highest BCUT2D eigenvalue weighted by Crippen LogP contribution is 2.22. The van der Waals surface area contributed by atoms with Crippen molar-refractivity contribution in [3.8, 4) is 12.3 Å². The molecule has 0 radical (unpaired) electrons. The summed E-state index contributed by atoms with van der Waals surface area (Å²) in [6.45, 7) is 5.87. The number of morpholine rings is 1. The van der Waals surface area contributed by atoms with Crippen molar-refractivity contribution in [1.29, 1.82) is 0 Å². The number of nitrogens with zero attached hydrogens (tertiary/aromatic N) is 2. The quantitative estimate of drug-likeness (QED) is 0.518. The van der Waals surface area contributed by atoms with Gasteiger partial charge >= 0.3 is 6.03 Å². The lowest BCUT2D eigenvalue weighted by Gasteiger charge is -2.48. The topological polar surface area (TPSA) is 56.8 Å². The molecule has 0 aliphatic carbocycles. The zero-order chi connectivity index (χ0) is 14.4. The van der Waals surface area contributed by atoms with Crippen LogP contribution < -0.4 is 10.6 Å². The second-order valence-electron chi connectivity index (χ2n) is 5.58. The Balaban J connectivity index is 1.63. The van der Waals surface area contributed by atoms with Gasteiger partial charge in [0.15, 0.2) is 0 Å². The van der Waals surface area contributed by atoms with Gasteiger partial charge in [0, 0.05) is 32.7 Å². The number of rotatable bonds is 5. The van der Waals surface area contributed by atoms with E-state index in [-0.39, 0.29) is 11.6 Å². The van der Waals surface area contributed by atoms with Crippen LogP contribution in [-0.2, 0) is 4.74 Å². The molecule has 0 bridgehead atoms. The summed E-state index contributed by atoms with van der Waals surface area (Å²) >= 11 is 0. The minimum absolute atomic E-state index is 0.0131. The van der Waals surface area contributed by atoms with E-state index < -0.39 is 0 Å². The van der Waals surface area contributed by atoms with Gasteiger partial charge in [-0.05, 0) is 13.5 Å². The number of amides is 2. The highest BCUT2D eigenvalue weighted by molar-refractivity contribution is 5.74. The maximum Gasteiger partial charge on any atom is 0.317 e. The first-order valence-electron chi connectivity index (χ1n) is 7.15. The predicted molar refractivity (Wildman–Crippen MR) is 77.5 cm³/mol. The SMILES string of the molecule is C#CCN(C)CCCNC(=O)N1CCOC2(CNC2)C1. The number of ether oxygens (including phenoxy) is 1. The van der Waals surface area contributed by atoms with Crippen molar-refractivity contribution in [2.75, 3.05) is 59.5 Å². The van der Waals surface area contributed by atoms with Crippen molar-refractivity contribution in [2.45, 2.75) is 12.0 Å². The summed E-state index contributed by atoms with van der Waals surface area (Å²) in [4.78, 5) is 16.0. The molecule has 20 heavy (non-hydrogen) atoms. The number of hydrogen-bond acceptors (Lipinski definition) is 4. The molecule has 0 atom stereocenters. The van der Waals surface area contributed by atoms with Crippen LogP contribution in [0.3, 0.4) is 0 Å². The van der Waals surface area contributed by atoms with Crippen molar-refractivity contribution < 1.29 is 9.53 Å². The van der Waals surface area contributed by atoms with E-state index in [1.165, 1.54) is 0 Å². The number of urea groups is 1. The van der Waals surface area contributed by atoms with E-state index in [2.05, 4.69) is 21.5 Å². The first kappa shape index (κ1) is 15.1. The van der Waals surface area contributed by atoms with E-state index in [0.717, 1.165) is 26.1 Å². The maximum absolute atomic E-state index is 12.1. The molecule has 2 heterocycles. The molecule has 1 spiro atoms. The number of nitrogens with one attached hydrogen (secondary N) is 2. The van der Waals surface area contributed by atoms with Gasteiger partial charge in [0.05, 0.1) is 19.7 Å². The maximum atomic E-state index is 12.1. The Morgan fingerprint density at radius 1 is 1.60 bits per heavy atom. The van der Waals surface area contributed by atoms with Crippen molar-refractivity contribution >= 4 is 6.03 Å². The molecule has 2 amide bonds. The second-order valence-corrected chi connectivity index (χ2v) is 5.58. The Hall–Kier alpha value is -1.29. The Labute approximate surface area is 120 Å². The Morgan fingerprint density at radius 2 is 2.40 bits per heavy atom. The average molecular weight is 280 g/mol. The van der Waals surface area contributed by atoms with Crippen LogP contribution in [0.25, 0.3) is 0 Å². The van der Waals surface area contributed by atoms with Crippen LogP contribution in [-0.4, -0.2) is 80.9 Å². The van der Waals surface area contributed by atoms with Crippen LogP contribution in [0.4, 0.5) is 4.79 Å². The van der Waals surface area contributed by atoms with E-state index in [9.17, 15) is 4.79 Å². The van der Waals surface area contributed by atoms with Crippen molar-refractivity contribution in [3.05, 3.63) is 0 Å². The zero-order valence-corrected chi connectivity index (χ0v) is 12.2. The largest absolute Gasteiger partial charge is 0.369 e. The Bertz CT molecular complexity index is 376. The summed E-state index contributed by atoms with van der Waals surface area (Å²) in [6, 6.07) is 0.0131. The van der Waals surface area contributed by atoms with Crippen LogP contribution >= 0.6 is 0 Å².